The third kappa shape index (κ3) is 6.06. The Kier molecular flexibility index (Phi) is 11.6. The Morgan fingerprint density at radius 1 is 0.792 bits per heavy atom. The number of hydrogen-bond acceptors (Lipinski definition) is 2. The average molecular weight is 342 g/mol. The van der Waals surface area contributed by atoms with Crippen LogP contribution in [0.4, 0.5) is 0 Å². The van der Waals surface area contributed by atoms with Crippen molar-refractivity contribution in [2.24, 2.45) is 5.41 Å². The van der Waals surface area contributed by atoms with Crippen LogP contribution in [0.15, 0.2) is 0 Å². The summed E-state index contributed by atoms with van der Waals surface area (Å²) in [7, 11) is 0. The van der Waals surface area contributed by atoms with E-state index in [4.69, 9.17) is 0 Å². The lowest BCUT2D eigenvalue weighted by Crippen LogP contribution is -2.63. The van der Waals surface area contributed by atoms with Crippen LogP contribution >= 0.6 is 0 Å². The number of nitrogens with zero attached hydrogens (tertiary/aromatic N) is 1. The Morgan fingerprint density at radius 3 is 1.58 bits per heavy atom. The van der Waals surface area contributed by atoms with Crippen molar-refractivity contribution in [2.45, 2.75) is 111 Å². The summed E-state index contributed by atoms with van der Waals surface area (Å²) in [4.78, 5) is 15.0. The maximum Gasteiger partial charge on any atom is 0.324 e. The highest BCUT2D eigenvalue weighted by atomic mass is 16.4. The number of carbonyl (C=O) groups is 1. The second-order valence-electron chi connectivity index (χ2n) is 7.95. The molecule has 0 amide bonds. The summed E-state index contributed by atoms with van der Waals surface area (Å²) in [6.07, 6.45) is 10.4. The Labute approximate surface area is 151 Å². The van der Waals surface area contributed by atoms with Crippen LogP contribution in [0.2, 0.25) is 0 Å². The number of aliphatic carboxylic acids is 1. The second-order valence-corrected chi connectivity index (χ2v) is 7.95. The van der Waals surface area contributed by atoms with Crippen LogP contribution in [0.5, 0.6) is 0 Å². The molecule has 0 bridgehead atoms. The fraction of sp³-hybridized carbons (Fsp3) is 0.952. The minimum absolute atomic E-state index is 0.217. The van der Waals surface area contributed by atoms with E-state index < -0.39 is 11.5 Å². The van der Waals surface area contributed by atoms with Gasteiger partial charge in [-0.05, 0) is 44.2 Å². The van der Waals surface area contributed by atoms with Gasteiger partial charge in [0.05, 0.1) is 0 Å². The molecule has 0 heterocycles. The zero-order valence-corrected chi connectivity index (χ0v) is 17.3. The number of hydrogen-bond donors (Lipinski definition) is 1. The van der Waals surface area contributed by atoms with Gasteiger partial charge in [0.25, 0.3) is 0 Å². The van der Waals surface area contributed by atoms with Gasteiger partial charge in [-0.2, -0.15) is 0 Å². The smallest absolute Gasteiger partial charge is 0.324 e. The predicted molar refractivity (Wildman–Crippen MR) is 105 cm³/mol. The van der Waals surface area contributed by atoms with Gasteiger partial charge in [-0.15, -0.1) is 0 Å². The van der Waals surface area contributed by atoms with Gasteiger partial charge in [0.1, 0.15) is 5.54 Å². The zero-order chi connectivity index (χ0) is 18.6. The maximum atomic E-state index is 12.7. The fourth-order valence-corrected chi connectivity index (χ4v) is 3.91. The van der Waals surface area contributed by atoms with Gasteiger partial charge < -0.3 is 5.11 Å². The first-order valence-electron chi connectivity index (χ1n) is 10.3. The van der Waals surface area contributed by atoms with Crippen LogP contribution in [0.3, 0.4) is 0 Å². The third-order valence-corrected chi connectivity index (χ3v) is 5.62. The normalized spacial score (nSPS) is 14.8. The Hall–Kier alpha value is -0.570. The largest absolute Gasteiger partial charge is 0.480 e. The number of carboxylic acid groups (broad SMARTS) is 1. The van der Waals surface area contributed by atoms with Crippen LogP contribution < -0.4 is 0 Å². The van der Waals surface area contributed by atoms with Crippen molar-refractivity contribution in [3.63, 3.8) is 0 Å². The Balaban J connectivity index is 5.83. The summed E-state index contributed by atoms with van der Waals surface area (Å²) < 4.78 is 0. The molecular formula is C21H43NO2. The molecule has 0 aromatic rings. The molecule has 0 unspecified atom stereocenters. The van der Waals surface area contributed by atoms with Crippen molar-refractivity contribution in [2.75, 3.05) is 13.1 Å². The van der Waals surface area contributed by atoms with Crippen molar-refractivity contribution in [1.82, 2.24) is 4.90 Å². The molecule has 144 valence electrons. The van der Waals surface area contributed by atoms with Crippen LogP contribution in [-0.4, -0.2) is 34.6 Å². The van der Waals surface area contributed by atoms with Crippen LogP contribution in [-0.2, 0) is 4.79 Å². The number of unbranched alkanes of at least 4 members (excludes halogenated alkanes) is 4. The number of carboxylic acids is 1. The van der Waals surface area contributed by atoms with Crippen LogP contribution in [0.1, 0.15) is 106 Å². The van der Waals surface area contributed by atoms with Gasteiger partial charge in [0.15, 0.2) is 0 Å². The van der Waals surface area contributed by atoms with Gasteiger partial charge in [-0.1, -0.05) is 80.1 Å². The van der Waals surface area contributed by atoms with E-state index in [2.05, 4.69) is 46.4 Å². The first kappa shape index (κ1) is 23.4. The third-order valence-electron chi connectivity index (χ3n) is 5.62. The lowest BCUT2D eigenvalue weighted by Gasteiger charge is -2.51. The fourth-order valence-electron chi connectivity index (χ4n) is 3.91. The topological polar surface area (TPSA) is 40.5 Å². The van der Waals surface area contributed by atoms with Crippen molar-refractivity contribution in [3.05, 3.63) is 0 Å². The Morgan fingerprint density at radius 2 is 1.21 bits per heavy atom. The van der Waals surface area contributed by atoms with E-state index in [1.54, 1.807) is 0 Å². The van der Waals surface area contributed by atoms with Crippen LogP contribution in [0, 0.1) is 5.41 Å². The molecule has 0 aromatic carbocycles. The maximum absolute atomic E-state index is 12.7. The molecule has 1 N–H and O–H groups in total. The molecule has 0 radical (unpaired) electrons. The molecule has 0 aliphatic heterocycles. The first-order chi connectivity index (χ1) is 11.3. The highest BCUT2D eigenvalue weighted by Gasteiger charge is 2.53. The molecule has 0 aliphatic rings. The summed E-state index contributed by atoms with van der Waals surface area (Å²) >= 11 is 0. The molecule has 0 fully saturated rings. The molecule has 3 heteroatoms. The van der Waals surface area contributed by atoms with Gasteiger partial charge in [0.2, 0.25) is 0 Å². The van der Waals surface area contributed by atoms with Gasteiger partial charge in [0, 0.05) is 0 Å². The molecule has 1 atom stereocenters. The molecule has 0 saturated carbocycles. The molecule has 0 spiro atoms. The van der Waals surface area contributed by atoms with E-state index in [1.165, 1.54) is 0 Å². The first-order valence-corrected chi connectivity index (χ1v) is 10.3. The lowest BCUT2D eigenvalue weighted by molar-refractivity contribution is -0.164. The summed E-state index contributed by atoms with van der Waals surface area (Å²) in [5.74, 6) is -0.607. The summed E-state index contributed by atoms with van der Waals surface area (Å²) in [6, 6.07) is 0. The number of rotatable bonds is 15. The molecular weight excluding hydrogens is 298 g/mol. The van der Waals surface area contributed by atoms with E-state index >= 15 is 0 Å². The van der Waals surface area contributed by atoms with E-state index in [-0.39, 0.29) is 5.41 Å². The lowest BCUT2D eigenvalue weighted by atomic mass is 9.65. The molecule has 24 heavy (non-hydrogen) atoms. The quantitative estimate of drug-likeness (QED) is 0.390. The van der Waals surface area contributed by atoms with Crippen LogP contribution in [0.25, 0.3) is 0 Å². The monoisotopic (exact) mass is 341 g/mol. The summed E-state index contributed by atoms with van der Waals surface area (Å²) in [5.41, 5.74) is -0.950. The van der Waals surface area contributed by atoms with Gasteiger partial charge >= 0.3 is 5.97 Å². The second kappa shape index (κ2) is 11.9. The SMILES string of the molecule is CCCCN(CCCC)[C@](CCCC)(C(=O)O)C(C)(C)CCCC. The van der Waals surface area contributed by atoms with E-state index in [0.29, 0.717) is 0 Å². The van der Waals surface area contributed by atoms with Crippen molar-refractivity contribution in [1.29, 1.82) is 0 Å². The molecule has 0 aromatic heterocycles. The molecule has 0 aliphatic carbocycles. The van der Waals surface area contributed by atoms with Crippen molar-refractivity contribution in [3.8, 4) is 0 Å². The highest BCUT2D eigenvalue weighted by molar-refractivity contribution is 5.80. The average Bonchev–Trinajstić information content (AvgIpc) is 2.54. The highest BCUT2D eigenvalue weighted by Crippen LogP contribution is 2.44. The summed E-state index contributed by atoms with van der Waals surface area (Å²) in [6.45, 7) is 14.9. The summed E-state index contributed by atoms with van der Waals surface area (Å²) in [5, 5.41) is 10.4. The predicted octanol–water partition coefficient (Wildman–Crippen LogP) is 6.12. The minimum Gasteiger partial charge on any atom is -0.480 e. The molecule has 3 nitrogen and oxygen atoms in total. The van der Waals surface area contributed by atoms with Crippen molar-refractivity contribution < 1.29 is 9.90 Å². The van der Waals surface area contributed by atoms with Gasteiger partial charge in [-0.25, -0.2) is 0 Å². The van der Waals surface area contributed by atoms with Gasteiger partial charge in [-0.3, -0.25) is 9.69 Å². The van der Waals surface area contributed by atoms with Crippen molar-refractivity contribution >= 4 is 5.97 Å². The Bertz CT molecular complexity index is 333. The molecule has 0 saturated heterocycles. The molecule has 0 rings (SSSR count). The standard InChI is InChI=1S/C21H43NO2/c1-7-11-15-20(5,6)21(19(23)24,16-12-8-2)22(17-13-9-3)18-14-10-4/h7-18H2,1-6H3,(H,23,24)/t21-/m1/s1. The van der Waals surface area contributed by atoms with E-state index in [1.807, 2.05) is 0 Å². The van der Waals surface area contributed by atoms with E-state index in [9.17, 15) is 9.90 Å². The zero-order valence-electron chi connectivity index (χ0n) is 17.3. The van der Waals surface area contributed by atoms with E-state index in [0.717, 1.165) is 77.3 Å². The minimum atomic E-state index is -0.734.